The van der Waals surface area contributed by atoms with Crippen LogP contribution in [-0.2, 0) is 0 Å². The molecule has 0 heterocycles. The van der Waals surface area contributed by atoms with Gasteiger partial charge in [-0.05, 0) is 29.7 Å². The third-order valence-electron chi connectivity index (χ3n) is 2.14. The average Bonchev–Trinajstić information content (AvgIpc) is 2.08. The first kappa shape index (κ1) is 10.6. The van der Waals surface area contributed by atoms with Crippen molar-refractivity contribution in [3.05, 3.63) is 35.4 Å². The zero-order valence-corrected chi connectivity index (χ0v) is 9.11. The third-order valence-corrected chi connectivity index (χ3v) is 2.93. The molecule has 0 fully saturated rings. The molecule has 0 saturated heterocycles. The molecule has 2 unspecified atom stereocenters. The minimum Gasteiger partial charge on any atom is -0.207 e. The first-order chi connectivity index (χ1) is 6.02. The van der Waals surface area contributed by atoms with Crippen LogP contribution in [0, 0.1) is 11.6 Å². The number of alkyl halides is 1. The quantitative estimate of drug-likeness (QED) is 0.698. The summed E-state index contributed by atoms with van der Waals surface area (Å²) in [6.07, 6.45) is 0. The van der Waals surface area contributed by atoms with Crippen LogP contribution < -0.4 is 0 Å². The van der Waals surface area contributed by atoms with Gasteiger partial charge < -0.3 is 0 Å². The van der Waals surface area contributed by atoms with Crippen molar-refractivity contribution in [2.75, 3.05) is 0 Å². The van der Waals surface area contributed by atoms with Crippen LogP contribution in [0.1, 0.15) is 25.3 Å². The maximum Gasteiger partial charge on any atom is 0.126 e. The second-order valence-electron chi connectivity index (χ2n) is 3.13. The summed E-state index contributed by atoms with van der Waals surface area (Å²) in [6, 6.07) is 3.54. The van der Waals surface area contributed by atoms with Crippen LogP contribution in [0.3, 0.4) is 0 Å². The van der Waals surface area contributed by atoms with Crippen molar-refractivity contribution in [1.82, 2.24) is 0 Å². The molecule has 0 spiro atoms. The number of halogens is 3. The van der Waals surface area contributed by atoms with E-state index in [4.69, 9.17) is 0 Å². The van der Waals surface area contributed by atoms with E-state index in [0.717, 1.165) is 12.1 Å². The minimum atomic E-state index is -0.392. The Labute approximate surface area is 85.1 Å². The maximum atomic E-state index is 13.2. The molecule has 3 heteroatoms. The summed E-state index contributed by atoms with van der Waals surface area (Å²) in [5.74, 6) is -0.771. The lowest BCUT2D eigenvalue weighted by atomic mass is 9.98. The van der Waals surface area contributed by atoms with E-state index in [1.807, 2.05) is 13.8 Å². The van der Waals surface area contributed by atoms with Crippen molar-refractivity contribution in [3.8, 4) is 0 Å². The smallest absolute Gasteiger partial charge is 0.126 e. The molecule has 13 heavy (non-hydrogen) atoms. The van der Waals surface area contributed by atoms with Crippen LogP contribution in [-0.4, -0.2) is 4.83 Å². The van der Waals surface area contributed by atoms with Gasteiger partial charge in [0.15, 0.2) is 0 Å². The number of hydrogen-bond donors (Lipinski definition) is 0. The fraction of sp³-hybridized carbons (Fsp3) is 0.400. The van der Waals surface area contributed by atoms with Gasteiger partial charge in [0, 0.05) is 4.83 Å². The van der Waals surface area contributed by atoms with Crippen LogP contribution in [0.15, 0.2) is 18.2 Å². The molecule has 0 saturated carbocycles. The van der Waals surface area contributed by atoms with E-state index >= 15 is 0 Å². The van der Waals surface area contributed by atoms with E-state index in [2.05, 4.69) is 15.9 Å². The summed E-state index contributed by atoms with van der Waals surface area (Å²) in [6.45, 7) is 3.77. The molecule has 0 aliphatic rings. The highest BCUT2D eigenvalue weighted by molar-refractivity contribution is 9.09. The Kier molecular flexibility index (Phi) is 3.42. The molecule has 0 aliphatic heterocycles. The predicted molar refractivity (Wildman–Crippen MR) is 53.2 cm³/mol. The summed E-state index contributed by atoms with van der Waals surface area (Å²) in [4.78, 5) is 0.129. The third kappa shape index (κ3) is 2.50. The van der Waals surface area contributed by atoms with E-state index < -0.39 is 5.82 Å². The van der Waals surface area contributed by atoms with Gasteiger partial charge in [0.1, 0.15) is 11.6 Å². The van der Waals surface area contributed by atoms with E-state index in [9.17, 15) is 8.78 Å². The predicted octanol–water partition coefficient (Wildman–Crippen LogP) is 3.85. The summed E-state index contributed by atoms with van der Waals surface area (Å²) in [7, 11) is 0. The van der Waals surface area contributed by atoms with Crippen LogP contribution in [0.2, 0.25) is 0 Å². The van der Waals surface area contributed by atoms with Gasteiger partial charge >= 0.3 is 0 Å². The standard InChI is InChI=1S/C10H11BrF2/c1-6(7(2)11)9-5-8(12)3-4-10(9)13/h3-7H,1-2H3. The van der Waals surface area contributed by atoms with Gasteiger partial charge in [-0.25, -0.2) is 8.78 Å². The molecule has 1 aromatic rings. The molecule has 1 aromatic carbocycles. The highest BCUT2D eigenvalue weighted by Crippen LogP contribution is 2.26. The molecular formula is C10H11BrF2. The fourth-order valence-electron chi connectivity index (χ4n) is 1.11. The van der Waals surface area contributed by atoms with Gasteiger partial charge in [-0.3, -0.25) is 0 Å². The molecule has 0 aromatic heterocycles. The normalized spacial score (nSPS) is 15.5. The maximum absolute atomic E-state index is 13.2. The second kappa shape index (κ2) is 4.18. The first-order valence-electron chi connectivity index (χ1n) is 4.11. The largest absolute Gasteiger partial charge is 0.207 e. The van der Waals surface area contributed by atoms with Crippen molar-refractivity contribution in [2.24, 2.45) is 0 Å². The Bertz CT molecular complexity index is 297. The Morgan fingerprint density at radius 3 is 2.38 bits per heavy atom. The van der Waals surface area contributed by atoms with E-state index in [1.165, 1.54) is 6.07 Å². The minimum absolute atomic E-state index is 0.0318. The van der Waals surface area contributed by atoms with Crippen LogP contribution in [0.25, 0.3) is 0 Å². The van der Waals surface area contributed by atoms with E-state index in [-0.39, 0.29) is 16.6 Å². The van der Waals surface area contributed by atoms with Gasteiger partial charge in [0.25, 0.3) is 0 Å². The molecule has 2 atom stereocenters. The van der Waals surface area contributed by atoms with Crippen molar-refractivity contribution < 1.29 is 8.78 Å². The van der Waals surface area contributed by atoms with Crippen LogP contribution >= 0.6 is 15.9 Å². The highest BCUT2D eigenvalue weighted by atomic mass is 79.9. The van der Waals surface area contributed by atoms with Gasteiger partial charge in [-0.2, -0.15) is 0 Å². The zero-order valence-electron chi connectivity index (χ0n) is 7.52. The van der Waals surface area contributed by atoms with Crippen molar-refractivity contribution in [3.63, 3.8) is 0 Å². The number of rotatable bonds is 2. The van der Waals surface area contributed by atoms with E-state index in [1.54, 1.807) is 0 Å². The number of hydrogen-bond acceptors (Lipinski definition) is 0. The number of benzene rings is 1. The Morgan fingerprint density at radius 2 is 1.85 bits per heavy atom. The topological polar surface area (TPSA) is 0 Å². The molecule has 0 nitrogen and oxygen atoms in total. The van der Waals surface area contributed by atoms with Crippen molar-refractivity contribution in [2.45, 2.75) is 24.6 Å². The van der Waals surface area contributed by atoms with Gasteiger partial charge in [0.2, 0.25) is 0 Å². The molecule has 0 N–H and O–H groups in total. The van der Waals surface area contributed by atoms with Crippen LogP contribution in [0.4, 0.5) is 8.78 Å². The summed E-state index contributed by atoms with van der Waals surface area (Å²) < 4.78 is 26.0. The Hall–Kier alpha value is -0.440. The summed E-state index contributed by atoms with van der Waals surface area (Å²) in [5, 5.41) is 0. The molecule has 72 valence electrons. The lowest BCUT2D eigenvalue weighted by molar-refractivity contribution is 0.567. The molecule has 0 bridgehead atoms. The summed E-state index contributed by atoms with van der Waals surface area (Å²) in [5.41, 5.74) is 0.421. The lowest BCUT2D eigenvalue weighted by Crippen LogP contribution is -2.07. The Morgan fingerprint density at radius 1 is 1.23 bits per heavy atom. The van der Waals surface area contributed by atoms with Gasteiger partial charge in [-0.15, -0.1) is 0 Å². The summed E-state index contributed by atoms with van der Waals surface area (Å²) >= 11 is 3.35. The van der Waals surface area contributed by atoms with Gasteiger partial charge in [0.05, 0.1) is 0 Å². The highest BCUT2D eigenvalue weighted by Gasteiger charge is 2.15. The average molecular weight is 249 g/mol. The monoisotopic (exact) mass is 248 g/mol. The molecular weight excluding hydrogens is 238 g/mol. The first-order valence-corrected chi connectivity index (χ1v) is 5.03. The Balaban J connectivity index is 3.05. The zero-order chi connectivity index (χ0) is 10.0. The lowest BCUT2D eigenvalue weighted by Gasteiger charge is -2.15. The van der Waals surface area contributed by atoms with Gasteiger partial charge in [-0.1, -0.05) is 29.8 Å². The molecule has 0 amide bonds. The molecule has 0 aliphatic carbocycles. The van der Waals surface area contributed by atoms with Crippen molar-refractivity contribution >= 4 is 15.9 Å². The van der Waals surface area contributed by atoms with Crippen LogP contribution in [0.5, 0.6) is 0 Å². The van der Waals surface area contributed by atoms with Crippen molar-refractivity contribution in [1.29, 1.82) is 0 Å². The second-order valence-corrected chi connectivity index (χ2v) is 4.58. The molecule has 0 radical (unpaired) electrons. The SMILES string of the molecule is CC(Br)C(C)c1cc(F)ccc1F. The fourth-order valence-corrected chi connectivity index (χ4v) is 1.40. The van der Waals surface area contributed by atoms with E-state index in [0.29, 0.717) is 5.56 Å². The molecule has 1 rings (SSSR count).